The molecular weight excluding hydrogens is 350 g/mol. The molecular formula is C17H21N7O3. The maximum atomic E-state index is 12.5. The van der Waals surface area contributed by atoms with Crippen molar-refractivity contribution in [3.05, 3.63) is 30.4 Å². The minimum atomic E-state index is -0.458. The summed E-state index contributed by atoms with van der Waals surface area (Å²) in [6, 6.07) is 3.46. The number of nitrogens with one attached hydrogen (secondary N) is 2. The molecule has 0 aliphatic carbocycles. The van der Waals surface area contributed by atoms with Gasteiger partial charge in [0.05, 0.1) is 19.6 Å². The Bertz CT molecular complexity index is 840. The van der Waals surface area contributed by atoms with Gasteiger partial charge in [-0.3, -0.25) is 14.9 Å². The maximum Gasteiger partial charge on any atom is 0.317 e. The van der Waals surface area contributed by atoms with Crippen LogP contribution < -0.4 is 5.32 Å². The van der Waals surface area contributed by atoms with E-state index in [0.29, 0.717) is 37.7 Å². The predicted octanol–water partition coefficient (Wildman–Crippen LogP) is 0.00940. The van der Waals surface area contributed by atoms with Crippen molar-refractivity contribution in [2.45, 2.75) is 18.6 Å². The van der Waals surface area contributed by atoms with E-state index in [1.807, 2.05) is 12.1 Å². The van der Waals surface area contributed by atoms with Crippen molar-refractivity contribution < 1.29 is 14.3 Å². The van der Waals surface area contributed by atoms with E-state index in [9.17, 15) is 9.59 Å². The van der Waals surface area contributed by atoms with Crippen molar-refractivity contribution >= 4 is 11.9 Å². The number of carbonyl (C=O) groups excluding carboxylic acids is 2. The van der Waals surface area contributed by atoms with Crippen molar-refractivity contribution in [2.24, 2.45) is 0 Å². The Morgan fingerprint density at radius 2 is 2.19 bits per heavy atom. The number of ether oxygens (including phenoxy) is 1. The zero-order valence-corrected chi connectivity index (χ0v) is 15.0. The molecule has 4 heterocycles. The SMILES string of the molecule is CN1C[C@@]2(CCN(C(=O)NCc3nc(-c4ccncc4)n[nH]3)C2)OCC1=O. The number of morpholine rings is 1. The number of aromatic nitrogens is 4. The van der Waals surface area contributed by atoms with Crippen LogP contribution in [-0.2, 0) is 16.1 Å². The van der Waals surface area contributed by atoms with Gasteiger partial charge in [-0.15, -0.1) is 0 Å². The second-order valence-electron chi connectivity index (χ2n) is 6.89. The zero-order valence-electron chi connectivity index (χ0n) is 15.0. The van der Waals surface area contributed by atoms with Gasteiger partial charge in [0.25, 0.3) is 0 Å². The summed E-state index contributed by atoms with van der Waals surface area (Å²) >= 11 is 0. The van der Waals surface area contributed by atoms with Crippen LogP contribution in [-0.4, -0.2) is 80.8 Å². The van der Waals surface area contributed by atoms with Gasteiger partial charge < -0.3 is 19.9 Å². The highest BCUT2D eigenvalue weighted by molar-refractivity contribution is 5.78. The molecule has 2 saturated heterocycles. The lowest BCUT2D eigenvalue weighted by molar-refractivity contribution is -0.158. The molecule has 2 aromatic rings. The van der Waals surface area contributed by atoms with E-state index in [2.05, 4.69) is 25.5 Å². The number of carbonyl (C=O) groups is 2. The van der Waals surface area contributed by atoms with Gasteiger partial charge in [0, 0.05) is 31.5 Å². The molecule has 27 heavy (non-hydrogen) atoms. The number of hydrogen-bond donors (Lipinski definition) is 2. The van der Waals surface area contributed by atoms with Crippen LogP contribution >= 0.6 is 0 Å². The van der Waals surface area contributed by atoms with Crippen LogP contribution in [0, 0.1) is 0 Å². The molecule has 2 aliphatic heterocycles. The van der Waals surface area contributed by atoms with Crippen LogP contribution in [0.5, 0.6) is 0 Å². The number of rotatable bonds is 3. The van der Waals surface area contributed by atoms with E-state index >= 15 is 0 Å². The minimum Gasteiger partial charge on any atom is -0.361 e. The third kappa shape index (κ3) is 3.61. The molecule has 0 unspecified atom stereocenters. The van der Waals surface area contributed by atoms with Crippen molar-refractivity contribution in [3.8, 4) is 11.4 Å². The van der Waals surface area contributed by atoms with Crippen molar-refractivity contribution in [3.63, 3.8) is 0 Å². The Kier molecular flexibility index (Phi) is 4.48. The second-order valence-corrected chi connectivity index (χ2v) is 6.89. The number of amides is 3. The molecule has 0 aromatic carbocycles. The fourth-order valence-corrected chi connectivity index (χ4v) is 3.43. The van der Waals surface area contributed by atoms with Crippen LogP contribution in [0.3, 0.4) is 0 Å². The monoisotopic (exact) mass is 371 g/mol. The summed E-state index contributed by atoms with van der Waals surface area (Å²) in [5.74, 6) is 1.10. The van der Waals surface area contributed by atoms with Crippen molar-refractivity contribution in [2.75, 3.05) is 33.3 Å². The maximum absolute atomic E-state index is 12.5. The fourth-order valence-electron chi connectivity index (χ4n) is 3.43. The summed E-state index contributed by atoms with van der Waals surface area (Å²) < 4.78 is 5.76. The van der Waals surface area contributed by atoms with Gasteiger partial charge in [-0.2, -0.15) is 5.10 Å². The first-order chi connectivity index (χ1) is 13.0. The summed E-state index contributed by atoms with van der Waals surface area (Å²) in [6.45, 7) is 1.89. The first-order valence-electron chi connectivity index (χ1n) is 8.77. The van der Waals surface area contributed by atoms with Crippen LogP contribution in [0.25, 0.3) is 11.4 Å². The van der Waals surface area contributed by atoms with Crippen molar-refractivity contribution in [1.82, 2.24) is 35.3 Å². The molecule has 10 nitrogen and oxygen atoms in total. The third-order valence-corrected chi connectivity index (χ3v) is 4.93. The van der Waals surface area contributed by atoms with Gasteiger partial charge in [-0.1, -0.05) is 0 Å². The molecule has 0 radical (unpaired) electrons. The topological polar surface area (TPSA) is 116 Å². The normalized spacial score (nSPS) is 22.5. The summed E-state index contributed by atoms with van der Waals surface area (Å²) in [7, 11) is 1.76. The van der Waals surface area contributed by atoms with Gasteiger partial charge >= 0.3 is 6.03 Å². The number of nitrogens with zero attached hydrogens (tertiary/aromatic N) is 5. The summed E-state index contributed by atoms with van der Waals surface area (Å²) in [5, 5.41) is 9.85. The number of pyridine rings is 1. The number of hydrogen-bond acceptors (Lipinski definition) is 6. The van der Waals surface area contributed by atoms with E-state index < -0.39 is 5.60 Å². The smallest absolute Gasteiger partial charge is 0.317 e. The Morgan fingerprint density at radius 1 is 1.37 bits per heavy atom. The number of H-pyrrole nitrogens is 1. The standard InChI is InChI=1S/C17H21N7O3/c1-23-10-17(27-9-14(23)25)4-7-24(11-17)16(26)19-8-13-20-15(22-21-13)12-2-5-18-6-3-12/h2-3,5-6H,4,7-11H2,1H3,(H,19,26)(H,20,21,22)/t17-/m1/s1. The van der Waals surface area contributed by atoms with Gasteiger partial charge in [0.1, 0.15) is 18.0 Å². The molecule has 0 bridgehead atoms. The van der Waals surface area contributed by atoms with Crippen LogP contribution in [0.2, 0.25) is 0 Å². The lowest BCUT2D eigenvalue weighted by Crippen LogP contribution is -2.55. The van der Waals surface area contributed by atoms with Crippen LogP contribution in [0.4, 0.5) is 4.79 Å². The number of likely N-dealkylation sites (N-methyl/N-ethyl adjacent to an activating group) is 1. The number of aromatic amines is 1. The molecule has 1 atom stereocenters. The van der Waals surface area contributed by atoms with Crippen LogP contribution in [0.1, 0.15) is 12.2 Å². The highest BCUT2D eigenvalue weighted by Crippen LogP contribution is 2.29. The summed E-state index contributed by atoms with van der Waals surface area (Å²) in [6.07, 6.45) is 4.07. The molecule has 0 saturated carbocycles. The van der Waals surface area contributed by atoms with Crippen LogP contribution in [0.15, 0.2) is 24.5 Å². The Morgan fingerprint density at radius 3 is 2.96 bits per heavy atom. The Labute approximate surface area is 155 Å². The molecule has 4 rings (SSSR count). The van der Waals surface area contributed by atoms with E-state index in [1.165, 1.54) is 0 Å². The highest BCUT2D eigenvalue weighted by atomic mass is 16.5. The largest absolute Gasteiger partial charge is 0.361 e. The average Bonchev–Trinajstić information content (AvgIpc) is 3.32. The summed E-state index contributed by atoms with van der Waals surface area (Å²) in [4.78, 5) is 35.8. The molecule has 3 amide bonds. The zero-order chi connectivity index (χ0) is 18.9. The minimum absolute atomic E-state index is 0.0288. The Hall–Kier alpha value is -3.01. The van der Waals surface area contributed by atoms with Gasteiger partial charge in [0.2, 0.25) is 5.91 Å². The van der Waals surface area contributed by atoms with E-state index in [1.54, 1.807) is 29.2 Å². The molecule has 2 fully saturated rings. The van der Waals surface area contributed by atoms with E-state index in [-0.39, 0.29) is 25.1 Å². The number of urea groups is 1. The second kappa shape index (κ2) is 6.95. The summed E-state index contributed by atoms with van der Waals surface area (Å²) in [5.41, 5.74) is 0.397. The van der Waals surface area contributed by atoms with E-state index in [4.69, 9.17) is 4.74 Å². The molecule has 10 heteroatoms. The number of likely N-dealkylation sites (tertiary alicyclic amines) is 1. The molecule has 142 valence electrons. The Balaban J connectivity index is 1.32. The predicted molar refractivity (Wildman–Crippen MR) is 94.4 cm³/mol. The van der Waals surface area contributed by atoms with E-state index in [0.717, 1.165) is 5.56 Å². The van der Waals surface area contributed by atoms with Gasteiger partial charge in [-0.05, 0) is 18.6 Å². The lowest BCUT2D eigenvalue weighted by atomic mass is 10.0. The first kappa shape index (κ1) is 17.4. The molecule has 2 N–H and O–H groups in total. The third-order valence-electron chi connectivity index (χ3n) is 4.93. The molecule has 1 spiro atoms. The first-order valence-corrected chi connectivity index (χ1v) is 8.77. The fraction of sp³-hybridized carbons (Fsp3) is 0.471. The average molecular weight is 371 g/mol. The van der Waals surface area contributed by atoms with Gasteiger partial charge in [0.15, 0.2) is 5.82 Å². The molecule has 2 aromatic heterocycles. The highest BCUT2D eigenvalue weighted by Gasteiger charge is 2.45. The van der Waals surface area contributed by atoms with Gasteiger partial charge in [-0.25, -0.2) is 9.78 Å². The lowest BCUT2D eigenvalue weighted by Gasteiger charge is -2.38. The van der Waals surface area contributed by atoms with Crippen molar-refractivity contribution in [1.29, 1.82) is 0 Å². The quantitative estimate of drug-likeness (QED) is 0.785. The molecule has 2 aliphatic rings.